The van der Waals surface area contributed by atoms with Crippen molar-refractivity contribution in [3.05, 3.63) is 116 Å². The molecule has 1 aliphatic heterocycles. The maximum atomic E-state index is 13.5. The highest BCUT2D eigenvalue weighted by Gasteiger charge is 2.36. The number of nitrogens with one attached hydrogen (secondary N) is 2. The van der Waals surface area contributed by atoms with Crippen molar-refractivity contribution >= 4 is 52.3 Å². The Hall–Kier alpha value is -3.70. The minimum atomic E-state index is -0.735. The highest BCUT2D eigenvalue weighted by molar-refractivity contribution is 8.03. The van der Waals surface area contributed by atoms with E-state index in [0.717, 1.165) is 0 Å². The molecule has 1 heterocycles. The number of thioether (sulfide) groups is 1. The lowest BCUT2D eigenvalue weighted by Gasteiger charge is -2.30. The van der Waals surface area contributed by atoms with Crippen LogP contribution in [0.1, 0.15) is 28.8 Å². The minimum absolute atomic E-state index is 0.0919. The van der Waals surface area contributed by atoms with Crippen LogP contribution in [0.5, 0.6) is 5.75 Å². The number of ether oxygens (including phenoxy) is 1. The number of dihydropyridines is 1. The molecule has 3 aromatic rings. The molecular formula is C29H23Cl2N3O3S. The summed E-state index contributed by atoms with van der Waals surface area (Å²) in [6.07, 6.45) is 0. The molecule has 0 radical (unpaired) electrons. The van der Waals surface area contributed by atoms with Gasteiger partial charge in [-0.2, -0.15) is 5.26 Å². The Morgan fingerprint density at radius 1 is 1.05 bits per heavy atom. The smallest absolute Gasteiger partial charge is 0.254 e. The van der Waals surface area contributed by atoms with E-state index in [0.29, 0.717) is 54.5 Å². The fraction of sp³-hybridized carbons (Fsp3) is 0.138. The summed E-state index contributed by atoms with van der Waals surface area (Å²) in [6.45, 7) is 1.76. The van der Waals surface area contributed by atoms with Crippen LogP contribution in [0.15, 0.2) is 94.7 Å². The third kappa shape index (κ3) is 6.05. The van der Waals surface area contributed by atoms with Crippen LogP contribution in [0.25, 0.3) is 0 Å². The maximum Gasteiger partial charge on any atom is 0.254 e. The Kier molecular flexibility index (Phi) is 8.80. The highest BCUT2D eigenvalue weighted by atomic mass is 35.5. The normalized spacial score (nSPS) is 15.0. The van der Waals surface area contributed by atoms with Crippen LogP contribution in [0.2, 0.25) is 10.0 Å². The third-order valence-electron chi connectivity index (χ3n) is 5.97. The molecule has 1 aliphatic rings. The monoisotopic (exact) mass is 563 g/mol. The van der Waals surface area contributed by atoms with Gasteiger partial charge in [-0.3, -0.25) is 9.59 Å². The van der Waals surface area contributed by atoms with Crippen molar-refractivity contribution in [2.45, 2.75) is 12.8 Å². The second kappa shape index (κ2) is 12.2. The number of hydrogen-bond acceptors (Lipinski definition) is 6. The third-order valence-corrected chi connectivity index (χ3v) is 7.58. The van der Waals surface area contributed by atoms with Gasteiger partial charge in [0.15, 0.2) is 5.78 Å². The first-order chi connectivity index (χ1) is 18.3. The van der Waals surface area contributed by atoms with Gasteiger partial charge in [-0.05, 0) is 67.1 Å². The van der Waals surface area contributed by atoms with Crippen molar-refractivity contribution in [1.82, 2.24) is 5.32 Å². The van der Waals surface area contributed by atoms with E-state index < -0.39 is 5.92 Å². The number of benzene rings is 3. The van der Waals surface area contributed by atoms with Gasteiger partial charge in [-0.15, -0.1) is 0 Å². The first-order valence-corrected chi connectivity index (χ1v) is 13.3. The molecule has 0 aliphatic carbocycles. The predicted molar refractivity (Wildman–Crippen MR) is 153 cm³/mol. The predicted octanol–water partition coefficient (Wildman–Crippen LogP) is 6.95. The molecule has 0 bridgehead atoms. The van der Waals surface area contributed by atoms with E-state index in [1.54, 1.807) is 80.8 Å². The van der Waals surface area contributed by atoms with E-state index in [2.05, 4.69) is 16.7 Å². The lowest BCUT2D eigenvalue weighted by molar-refractivity contribution is -0.113. The highest BCUT2D eigenvalue weighted by Crippen LogP contribution is 2.43. The van der Waals surface area contributed by atoms with Crippen LogP contribution in [-0.4, -0.2) is 24.6 Å². The molecule has 9 heteroatoms. The number of hydrogen-bond donors (Lipinski definition) is 2. The number of halogens is 2. The molecule has 0 spiro atoms. The number of amides is 1. The second-order valence-electron chi connectivity index (χ2n) is 8.37. The van der Waals surface area contributed by atoms with E-state index in [1.807, 2.05) is 6.07 Å². The van der Waals surface area contributed by atoms with E-state index in [9.17, 15) is 14.9 Å². The molecule has 3 aromatic carbocycles. The molecular weight excluding hydrogens is 541 g/mol. The fourth-order valence-corrected chi connectivity index (χ4v) is 5.43. The number of anilines is 1. The van der Waals surface area contributed by atoms with Crippen molar-refractivity contribution in [3.63, 3.8) is 0 Å². The Morgan fingerprint density at radius 3 is 2.37 bits per heavy atom. The number of nitrogens with zero attached hydrogens (tertiary/aromatic N) is 1. The van der Waals surface area contributed by atoms with Crippen LogP contribution in [0, 0.1) is 11.3 Å². The van der Waals surface area contributed by atoms with Crippen LogP contribution >= 0.6 is 35.0 Å². The van der Waals surface area contributed by atoms with Crippen LogP contribution < -0.4 is 15.4 Å². The minimum Gasteiger partial charge on any atom is -0.497 e. The molecule has 0 fully saturated rings. The van der Waals surface area contributed by atoms with Gasteiger partial charge in [0.25, 0.3) is 5.91 Å². The molecule has 192 valence electrons. The summed E-state index contributed by atoms with van der Waals surface area (Å²) in [4.78, 5) is 26.4. The van der Waals surface area contributed by atoms with Gasteiger partial charge in [0.2, 0.25) is 0 Å². The molecule has 1 amide bonds. The van der Waals surface area contributed by atoms with Crippen molar-refractivity contribution in [2.24, 2.45) is 0 Å². The van der Waals surface area contributed by atoms with Crippen LogP contribution in [-0.2, 0) is 4.79 Å². The zero-order valence-electron chi connectivity index (χ0n) is 20.5. The summed E-state index contributed by atoms with van der Waals surface area (Å²) in [5.74, 6) is -0.472. The molecule has 1 atom stereocenters. The molecule has 2 N–H and O–H groups in total. The molecule has 0 saturated heterocycles. The van der Waals surface area contributed by atoms with E-state index in [-0.39, 0.29) is 17.4 Å². The van der Waals surface area contributed by atoms with Gasteiger partial charge in [0.05, 0.1) is 35.5 Å². The molecule has 4 rings (SSSR count). The van der Waals surface area contributed by atoms with Gasteiger partial charge in [0, 0.05) is 32.6 Å². The summed E-state index contributed by atoms with van der Waals surface area (Å²) in [7, 11) is 1.56. The summed E-state index contributed by atoms with van der Waals surface area (Å²) in [5, 5.41) is 17.8. The lowest BCUT2D eigenvalue weighted by atomic mass is 9.82. The number of rotatable bonds is 8. The molecule has 0 unspecified atom stereocenters. The largest absolute Gasteiger partial charge is 0.497 e. The summed E-state index contributed by atoms with van der Waals surface area (Å²) >= 11 is 13.8. The van der Waals surface area contributed by atoms with Crippen LogP contribution in [0.4, 0.5) is 5.69 Å². The fourth-order valence-electron chi connectivity index (χ4n) is 4.08. The molecule has 38 heavy (non-hydrogen) atoms. The number of carbonyl (C=O) groups is 2. The van der Waals surface area contributed by atoms with Crippen molar-refractivity contribution < 1.29 is 14.3 Å². The second-order valence-corrected chi connectivity index (χ2v) is 10.2. The number of allylic oxidation sites excluding steroid dienone is 2. The Bertz CT molecular complexity index is 1480. The van der Waals surface area contributed by atoms with Gasteiger partial charge in [-0.1, -0.05) is 53.2 Å². The number of carbonyl (C=O) groups excluding carboxylic acids is 2. The van der Waals surface area contributed by atoms with Gasteiger partial charge >= 0.3 is 0 Å². The average molecular weight is 564 g/mol. The number of methoxy groups -OCH3 is 1. The molecule has 0 aromatic heterocycles. The zero-order chi connectivity index (χ0) is 27.2. The molecule has 6 nitrogen and oxygen atoms in total. The van der Waals surface area contributed by atoms with E-state index in [4.69, 9.17) is 27.9 Å². The lowest BCUT2D eigenvalue weighted by Crippen LogP contribution is -2.31. The van der Waals surface area contributed by atoms with Crippen molar-refractivity contribution in [2.75, 3.05) is 18.2 Å². The topological polar surface area (TPSA) is 91.2 Å². The SMILES string of the molecule is COc1ccc(C(=O)CSC2=C(C#N)[C@@H](c3ccccc3Cl)C(C(=O)Nc3ccc(Cl)cc3)=C(C)N2)cc1. The maximum absolute atomic E-state index is 13.5. The summed E-state index contributed by atoms with van der Waals surface area (Å²) < 4.78 is 5.16. The average Bonchev–Trinajstić information content (AvgIpc) is 2.92. The number of nitriles is 1. The quantitative estimate of drug-likeness (QED) is 0.288. The van der Waals surface area contributed by atoms with Crippen LogP contribution in [0.3, 0.4) is 0 Å². The first-order valence-electron chi connectivity index (χ1n) is 11.6. The zero-order valence-corrected chi connectivity index (χ0v) is 22.9. The summed E-state index contributed by atoms with van der Waals surface area (Å²) in [5.41, 5.74) is 2.93. The number of ketones is 1. The Balaban J connectivity index is 1.67. The van der Waals surface area contributed by atoms with Gasteiger partial charge < -0.3 is 15.4 Å². The Morgan fingerprint density at radius 2 is 1.74 bits per heavy atom. The van der Waals surface area contributed by atoms with Crippen molar-refractivity contribution in [3.8, 4) is 11.8 Å². The number of Topliss-reactive ketones (excluding diaryl/α,β-unsaturated/α-hetero) is 1. The van der Waals surface area contributed by atoms with Crippen molar-refractivity contribution in [1.29, 1.82) is 5.26 Å². The van der Waals surface area contributed by atoms with Gasteiger partial charge in [-0.25, -0.2) is 0 Å². The standard InChI is InChI=1S/C29H23Cl2N3O3S/c1-17-26(28(36)34-20-11-9-19(30)10-12-20)27(22-5-3-4-6-24(22)31)23(15-32)29(33-17)38-16-25(35)18-7-13-21(37-2)14-8-18/h3-14,27,33H,16H2,1-2H3,(H,34,36)/t27-/m1/s1. The Labute approximate surface area is 235 Å². The molecule has 0 saturated carbocycles. The first kappa shape index (κ1) is 27.3. The summed E-state index contributed by atoms with van der Waals surface area (Å²) in [6, 6.07) is 23.0. The van der Waals surface area contributed by atoms with E-state index >= 15 is 0 Å². The van der Waals surface area contributed by atoms with Gasteiger partial charge in [0.1, 0.15) is 5.75 Å². The van der Waals surface area contributed by atoms with E-state index in [1.165, 1.54) is 11.8 Å².